The summed E-state index contributed by atoms with van der Waals surface area (Å²) in [4.78, 5) is 20.0. The predicted octanol–water partition coefficient (Wildman–Crippen LogP) is 5.82. The number of unbranched alkanes of at least 4 members (excludes halogenated alkanes) is 1. The van der Waals surface area contributed by atoms with E-state index in [1.807, 2.05) is 78.6 Å². The first kappa shape index (κ1) is 24.7. The first-order chi connectivity index (χ1) is 18.2. The standard InChI is InChI=1S/C30H33N3O4/c1-3-36-26-15-7-6-14-25(26)33-21-22(20-29(33)34)30-31-23-12-4-5-13-24(23)32(30)18-10-11-19-37-28-17-9-8-16-27(28)35-2/h4-9,12-17,22H,3,10-11,18-21H2,1-2H3. The molecule has 0 aliphatic carbocycles. The Morgan fingerprint density at radius 3 is 2.43 bits per heavy atom. The molecule has 1 aliphatic heterocycles. The molecule has 1 atom stereocenters. The Balaban J connectivity index is 1.30. The molecular formula is C30H33N3O4. The van der Waals surface area contributed by atoms with Gasteiger partial charge in [-0.15, -0.1) is 0 Å². The highest BCUT2D eigenvalue weighted by Crippen LogP contribution is 2.37. The van der Waals surface area contributed by atoms with E-state index in [-0.39, 0.29) is 11.8 Å². The van der Waals surface area contributed by atoms with Crippen LogP contribution in [0.25, 0.3) is 11.0 Å². The molecule has 37 heavy (non-hydrogen) atoms. The van der Waals surface area contributed by atoms with Gasteiger partial charge in [-0.2, -0.15) is 0 Å². The Hall–Kier alpha value is -4.00. The van der Waals surface area contributed by atoms with Gasteiger partial charge in [-0.1, -0.05) is 36.4 Å². The smallest absolute Gasteiger partial charge is 0.227 e. The fraction of sp³-hybridized carbons (Fsp3) is 0.333. The number of fused-ring (bicyclic) bond motifs is 1. The summed E-state index contributed by atoms with van der Waals surface area (Å²) in [5.41, 5.74) is 2.89. The Labute approximate surface area is 217 Å². The molecule has 7 nitrogen and oxygen atoms in total. The predicted molar refractivity (Wildman–Crippen MR) is 145 cm³/mol. The van der Waals surface area contributed by atoms with Gasteiger partial charge < -0.3 is 23.7 Å². The molecule has 7 heteroatoms. The first-order valence-electron chi connectivity index (χ1n) is 12.9. The minimum absolute atomic E-state index is 0.0133. The monoisotopic (exact) mass is 499 g/mol. The van der Waals surface area contributed by atoms with Crippen molar-refractivity contribution in [2.75, 3.05) is 31.8 Å². The van der Waals surface area contributed by atoms with Crippen LogP contribution in [0.1, 0.15) is 37.9 Å². The van der Waals surface area contributed by atoms with E-state index in [2.05, 4.69) is 10.6 Å². The number of aryl methyl sites for hydroxylation is 1. The average molecular weight is 500 g/mol. The van der Waals surface area contributed by atoms with Crippen molar-refractivity contribution in [3.05, 3.63) is 78.6 Å². The maximum atomic E-state index is 13.1. The third-order valence-corrected chi connectivity index (χ3v) is 6.73. The number of methoxy groups -OCH3 is 1. The zero-order valence-electron chi connectivity index (χ0n) is 21.4. The fourth-order valence-electron chi connectivity index (χ4n) is 5.00. The topological polar surface area (TPSA) is 65.8 Å². The van der Waals surface area contributed by atoms with Gasteiger partial charge in [0.05, 0.1) is 37.0 Å². The number of carbonyl (C=O) groups is 1. The zero-order valence-corrected chi connectivity index (χ0v) is 21.4. The number of hydrogen-bond donors (Lipinski definition) is 0. The summed E-state index contributed by atoms with van der Waals surface area (Å²) in [6, 6.07) is 23.7. The van der Waals surface area contributed by atoms with Crippen LogP contribution in [0, 0.1) is 0 Å². The second-order valence-electron chi connectivity index (χ2n) is 9.12. The Morgan fingerprint density at radius 2 is 1.62 bits per heavy atom. The second kappa shape index (κ2) is 11.4. The van der Waals surface area contributed by atoms with Gasteiger partial charge in [-0.05, 0) is 56.2 Å². The zero-order chi connectivity index (χ0) is 25.6. The number of aromatic nitrogens is 2. The molecule has 0 N–H and O–H groups in total. The van der Waals surface area contributed by atoms with Crippen LogP contribution in [0.4, 0.5) is 5.69 Å². The van der Waals surface area contributed by atoms with Crippen LogP contribution in [0.2, 0.25) is 0 Å². The van der Waals surface area contributed by atoms with Crippen molar-refractivity contribution in [2.24, 2.45) is 0 Å². The summed E-state index contributed by atoms with van der Waals surface area (Å²) in [6.45, 7) is 4.51. The highest BCUT2D eigenvalue weighted by Gasteiger charge is 2.35. The number of rotatable bonds is 11. The van der Waals surface area contributed by atoms with Crippen molar-refractivity contribution in [3.63, 3.8) is 0 Å². The van der Waals surface area contributed by atoms with Crippen LogP contribution >= 0.6 is 0 Å². The van der Waals surface area contributed by atoms with Gasteiger partial charge in [0.1, 0.15) is 11.6 Å². The largest absolute Gasteiger partial charge is 0.493 e. The molecule has 192 valence electrons. The quantitative estimate of drug-likeness (QED) is 0.243. The fourth-order valence-corrected chi connectivity index (χ4v) is 5.00. The van der Waals surface area contributed by atoms with E-state index >= 15 is 0 Å². The van der Waals surface area contributed by atoms with E-state index in [1.54, 1.807) is 7.11 Å². The van der Waals surface area contributed by atoms with Crippen molar-refractivity contribution in [2.45, 2.75) is 38.6 Å². The molecule has 2 heterocycles. The average Bonchev–Trinajstić information content (AvgIpc) is 3.49. The third kappa shape index (κ3) is 5.26. The summed E-state index contributed by atoms with van der Waals surface area (Å²) in [5.74, 6) is 3.32. The number of benzene rings is 3. The molecule has 3 aromatic carbocycles. The summed E-state index contributed by atoms with van der Waals surface area (Å²) in [7, 11) is 1.65. The molecular weight excluding hydrogens is 466 g/mol. The highest BCUT2D eigenvalue weighted by molar-refractivity contribution is 5.97. The van der Waals surface area contributed by atoms with Crippen LogP contribution in [0.15, 0.2) is 72.8 Å². The van der Waals surface area contributed by atoms with E-state index in [9.17, 15) is 4.79 Å². The van der Waals surface area contributed by atoms with Crippen molar-refractivity contribution < 1.29 is 19.0 Å². The molecule has 1 amide bonds. The Kier molecular flexibility index (Phi) is 7.59. The lowest BCUT2D eigenvalue weighted by atomic mass is 10.1. The summed E-state index contributed by atoms with van der Waals surface area (Å²) >= 11 is 0. The first-order valence-corrected chi connectivity index (χ1v) is 12.9. The van der Waals surface area contributed by atoms with Crippen LogP contribution < -0.4 is 19.1 Å². The van der Waals surface area contributed by atoms with E-state index in [1.165, 1.54) is 0 Å². The maximum absolute atomic E-state index is 13.1. The lowest BCUT2D eigenvalue weighted by molar-refractivity contribution is -0.117. The normalized spacial score (nSPS) is 15.4. The van der Waals surface area contributed by atoms with Crippen molar-refractivity contribution in [1.29, 1.82) is 0 Å². The van der Waals surface area contributed by atoms with E-state index < -0.39 is 0 Å². The molecule has 1 aliphatic rings. The van der Waals surface area contributed by atoms with Crippen LogP contribution in [-0.4, -0.2) is 42.3 Å². The van der Waals surface area contributed by atoms with Crippen LogP contribution in [0.3, 0.4) is 0 Å². The summed E-state index contributed by atoms with van der Waals surface area (Å²) < 4.78 is 19.4. The van der Waals surface area contributed by atoms with Gasteiger partial charge in [0, 0.05) is 25.4 Å². The summed E-state index contributed by atoms with van der Waals surface area (Å²) in [6.07, 6.45) is 2.25. The van der Waals surface area contributed by atoms with Gasteiger partial charge in [-0.3, -0.25) is 4.79 Å². The second-order valence-corrected chi connectivity index (χ2v) is 9.12. The molecule has 0 spiro atoms. The molecule has 5 rings (SSSR count). The Morgan fingerprint density at radius 1 is 0.892 bits per heavy atom. The molecule has 4 aromatic rings. The molecule has 1 aromatic heterocycles. The van der Waals surface area contributed by atoms with E-state index in [0.717, 1.165) is 59.2 Å². The molecule has 0 radical (unpaired) electrons. The number of ether oxygens (including phenoxy) is 3. The van der Waals surface area contributed by atoms with Crippen molar-refractivity contribution in [1.82, 2.24) is 9.55 Å². The molecule has 1 saturated heterocycles. The van der Waals surface area contributed by atoms with Gasteiger partial charge >= 0.3 is 0 Å². The van der Waals surface area contributed by atoms with E-state index in [0.29, 0.717) is 26.2 Å². The Bertz CT molecular complexity index is 1370. The number of hydrogen-bond acceptors (Lipinski definition) is 5. The van der Waals surface area contributed by atoms with Crippen molar-refractivity contribution in [3.8, 4) is 17.2 Å². The van der Waals surface area contributed by atoms with Crippen molar-refractivity contribution >= 4 is 22.6 Å². The molecule has 1 unspecified atom stereocenters. The van der Waals surface area contributed by atoms with Gasteiger partial charge in [0.15, 0.2) is 11.5 Å². The lowest BCUT2D eigenvalue weighted by Gasteiger charge is -2.20. The summed E-state index contributed by atoms with van der Waals surface area (Å²) in [5, 5.41) is 0. The highest BCUT2D eigenvalue weighted by atomic mass is 16.5. The van der Waals surface area contributed by atoms with Gasteiger partial charge in [-0.25, -0.2) is 4.98 Å². The molecule has 0 saturated carbocycles. The number of anilines is 1. The molecule has 1 fully saturated rings. The molecule has 0 bridgehead atoms. The lowest BCUT2D eigenvalue weighted by Crippen LogP contribution is -2.25. The third-order valence-electron chi connectivity index (χ3n) is 6.73. The number of amides is 1. The number of para-hydroxylation sites is 6. The maximum Gasteiger partial charge on any atom is 0.227 e. The van der Waals surface area contributed by atoms with Crippen LogP contribution in [-0.2, 0) is 11.3 Å². The van der Waals surface area contributed by atoms with E-state index in [4.69, 9.17) is 19.2 Å². The minimum atomic E-state index is 0.0133. The number of carbonyl (C=O) groups excluding carboxylic acids is 1. The van der Waals surface area contributed by atoms with Gasteiger partial charge in [0.2, 0.25) is 5.91 Å². The SMILES string of the molecule is CCOc1ccccc1N1CC(c2nc3ccccc3n2CCCCOc2ccccc2OC)CC1=O. The minimum Gasteiger partial charge on any atom is -0.493 e. The van der Waals surface area contributed by atoms with Crippen LogP contribution in [0.5, 0.6) is 17.2 Å². The van der Waals surface area contributed by atoms with Gasteiger partial charge in [0.25, 0.3) is 0 Å². The number of imidazole rings is 1. The number of nitrogens with zero attached hydrogens (tertiary/aromatic N) is 3.